The van der Waals surface area contributed by atoms with Crippen molar-refractivity contribution in [2.24, 2.45) is 0 Å². The Labute approximate surface area is 121 Å². The summed E-state index contributed by atoms with van der Waals surface area (Å²) >= 11 is 0. The maximum atomic E-state index is 11.2. The van der Waals surface area contributed by atoms with Crippen molar-refractivity contribution >= 4 is 23.0 Å². The monoisotopic (exact) mass is 286 g/mol. The number of nitro benzene ring substituents is 1. The lowest BCUT2D eigenvalue weighted by Crippen LogP contribution is -2.11. The zero-order valence-corrected chi connectivity index (χ0v) is 11.6. The predicted molar refractivity (Wildman–Crippen MR) is 79.3 cm³/mol. The van der Waals surface area contributed by atoms with Crippen molar-refractivity contribution in [3.8, 4) is 0 Å². The van der Waals surface area contributed by atoms with Gasteiger partial charge in [0.05, 0.1) is 4.92 Å². The number of nitrogens with zero attached hydrogens (tertiary/aromatic N) is 2. The number of carboxylic acids is 1. The van der Waals surface area contributed by atoms with Crippen molar-refractivity contribution in [1.29, 1.82) is 0 Å². The van der Waals surface area contributed by atoms with Crippen LogP contribution in [0.25, 0.3) is 0 Å². The molecule has 0 atom stereocenters. The van der Waals surface area contributed by atoms with Crippen molar-refractivity contribution in [1.82, 2.24) is 0 Å². The van der Waals surface area contributed by atoms with E-state index in [4.69, 9.17) is 5.11 Å². The SMILES string of the molecule is Cc1cccc(N(C)c2ccc([N+](=O)[O-])c(C(=O)O)c2)c1. The molecule has 2 aromatic carbocycles. The smallest absolute Gasteiger partial charge is 0.342 e. The van der Waals surface area contributed by atoms with E-state index < -0.39 is 16.6 Å². The first kappa shape index (κ1) is 14.5. The van der Waals surface area contributed by atoms with E-state index in [1.54, 1.807) is 11.9 Å². The minimum atomic E-state index is -1.32. The molecule has 0 aliphatic heterocycles. The number of aryl methyl sites for hydroxylation is 1. The number of hydrogen-bond donors (Lipinski definition) is 1. The van der Waals surface area contributed by atoms with Gasteiger partial charge in [0.2, 0.25) is 0 Å². The average Bonchev–Trinajstić information content (AvgIpc) is 2.45. The highest BCUT2D eigenvalue weighted by molar-refractivity contribution is 5.94. The molecule has 0 aliphatic carbocycles. The first-order chi connectivity index (χ1) is 9.90. The fourth-order valence-electron chi connectivity index (χ4n) is 2.05. The second-order valence-electron chi connectivity index (χ2n) is 4.66. The molecule has 0 heterocycles. The molecule has 0 radical (unpaired) electrons. The highest BCUT2D eigenvalue weighted by atomic mass is 16.6. The second-order valence-corrected chi connectivity index (χ2v) is 4.66. The Kier molecular flexibility index (Phi) is 3.89. The van der Waals surface area contributed by atoms with Gasteiger partial charge in [0.25, 0.3) is 5.69 Å². The molecule has 0 unspecified atom stereocenters. The van der Waals surface area contributed by atoms with Gasteiger partial charge in [-0.05, 0) is 36.8 Å². The van der Waals surface area contributed by atoms with Gasteiger partial charge in [0.1, 0.15) is 5.56 Å². The Morgan fingerprint density at radius 2 is 1.86 bits per heavy atom. The van der Waals surface area contributed by atoms with Crippen molar-refractivity contribution in [3.63, 3.8) is 0 Å². The second kappa shape index (κ2) is 5.62. The van der Waals surface area contributed by atoms with Gasteiger partial charge in [-0.15, -0.1) is 0 Å². The number of rotatable bonds is 4. The summed E-state index contributed by atoms with van der Waals surface area (Å²) in [5.41, 5.74) is 1.78. The Morgan fingerprint density at radius 1 is 1.19 bits per heavy atom. The van der Waals surface area contributed by atoms with Gasteiger partial charge in [-0.1, -0.05) is 12.1 Å². The van der Waals surface area contributed by atoms with Crippen molar-refractivity contribution in [2.75, 3.05) is 11.9 Å². The van der Waals surface area contributed by atoms with E-state index in [-0.39, 0.29) is 5.56 Å². The van der Waals surface area contributed by atoms with Crippen LogP contribution in [0.1, 0.15) is 15.9 Å². The number of benzene rings is 2. The van der Waals surface area contributed by atoms with Gasteiger partial charge in [0.15, 0.2) is 0 Å². The summed E-state index contributed by atoms with van der Waals surface area (Å²) in [6.45, 7) is 1.95. The number of carbonyl (C=O) groups is 1. The van der Waals surface area contributed by atoms with Crippen LogP contribution in [0.5, 0.6) is 0 Å². The normalized spacial score (nSPS) is 10.2. The largest absolute Gasteiger partial charge is 0.477 e. The van der Waals surface area contributed by atoms with Crippen LogP contribution in [0, 0.1) is 17.0 Å². The van der Waals surface area contributed by atoms with Gasteiger partial charge in [0, 0.05) is 24.5 Å². The van der Waals surface area contributed by atoms with Gasteiger partial charge in [-0.2, -0.15) is 0 Å². The van der Waals surface area contributed by atoms with Crippen LogP contribution in [0.15, 0.2) is 42.5 Å². The molecule has 6 nitrogen and oxygen atoms in total. The molecular weight excluding hydrogens is 272 g/mol. The summed E-state index contributed by atoms with van der Waals surface area (Å²) < 4.78 is 0. The molecule has 0 bridgehead atoms. The van der Waals surface area contributed by atoms with E-state index in [0.29, 0.717) is 5.69 Å². The minimum absolute atomic E-state index is 0.322. The Balaban J connectivity index is 2.47. The third-order valence-corrected chi connectivity index (χ3v) is 3.18. The molecular formula is C15H14N2O4. The molecule has 0 amide bonds. The van der Waals surface area contributed by atoms with E-state index >= 15 is 0 Å². The van der Waals surface area contributed by atoms with Crippen molar-refractivity contribution < 1.29 is 14.8 Å². The Morgan fingerprint density at radius 3 is 2.43 bits per heavy atom. The molecule has 6 heteroatoms. The topological polar surface area (TPSA) is 83.7 Å². The van der Waals surface area contributed by atoms with E-state index in [0.717, 1.165) is 11.3 Å². The first-order valence-corrected chi connectivity index (χ1v) is 6.22. The van der Waals surface area contributed by atoms with Crippen molar-refractivity contribution in [2.45, 2.75) is 6.92 Å². The fourth-order valence-corrected chi connectivity index (χ4v) is 2.05. The van der Waals surface area contributed by atoms with Gasteiger partial charge in [-0.25, -0.2) is 4.79 Å². The number of aromatic carboxylic acids is 1. The lowest BCUT2D eigenvalue weighted by molar-refractivity contribution is -0.385. The molecule has 0 saturated carbocycles. The van der Waals surface area contributed by atoms with E-state index in [1.165, 1.54) is 18.2 Å². The van der Waals surface area contributed by atoms with Crippen LogP contribution in [0.3, 0.4) is 0 Å². The molecule has 2 aromatic rings. The van der Waals surface area contributed by atoms with Crippen LogP contribution in [-0.2, 0) is 0 Å². The molecule has 0 saturated heterocycles. The summed E-state index contributed by atoms with van der Waals surface area (Å²) in [6.07, 6.45) is 0. The lowest BCUT2D eigenvalue weighted by Gasteiger charge is -2.20. The molecule has 21 heavy (non-hydrogen) atoms. The standard InChI is InChI=1S/C15H14N2O4/c1-10-4-3-5-11(8-10)16(2)12-6-7-14(17(20)21)13(9-12)15(18)19/h3-9H,1-2H3,(H,18,19). The number of hydrogen-bond acceptors (Lipinski definition) is 4. The van der Waals surface area contributed by atoms with Gasteiger partial charge >= 0.3 is 5.97 Å². The molecule has 2 rings (SSSR count). The molecule has 1 N–H and O–H groups in total. The zero-order valence-electron chi connectivity index (χ0n) is 11.6. The maximum absolute atomic E-state index is 11.2. The molecule has 0 aromatic heterocycles. The summed E-state index contributed by atoms with van der Waals surface area (Å²) in [6, 6.07) is 11.7. The van der Waals surface area contributed by atoms with Crippen LogP contribution in [0.2, 0.25) is 0 Å². The van der Waals surface area contributed by atoms with Crippen LogP contribution in [-0.4, -0.2) is 23.0 Å². The summed E-state index contributed by atoms with van der Waals surface area (Å²) in [5.74, 6) is -1.32. The third-order valence-electron chi connectivity index (χ3n) is 3.18. The average molecular weight is 286 g/mol. The third kappa shape index (κ3) is 3.00. The summed E-state index contributed by atoms with van der Waals surface area (Å²) in [5, 5.41) is 20.0. The quantitative estimate of drug-likeness (QED) is 0.688. The predicted octanol–water partition coefficient (Wildman–Crippen LogP) is 3.37. The van der Waals surface area contributed by atoms with Crippen LogP contribution >= 0.6 is 0 Å². The fraction of sp³-hybridized carbons (Fsp3) is 0.133. The van der Waals surface area contributed by atoms with Crippen LogP contribution in [0.4, 0.5) is 17.1 Å². The van der Waals surface area contributed by atoms with Gasteiger partial charge < -0.3 is 10.0 Å². The molecule has 0 aliphatic rings. The molecule has 108 valence electrons. The molecule has 0 spiro atoms. The first-order valence-electron chi connectivity index (χ1n) is 6.22. The highest BCUT2D eigenvalue weighted by Gasteiger charge is 2.21. The Hall–Kier alpha value is -2.89. The zero-order chi connectivity index (χ0) is 15.6. The minimum Gasteiger partial charge on any atom is -0.477 e. The summed E-state index contributed by atoms with van der Waals surface area (Å²) in [7, 11) is 1.78. The molecule has 0 fully saturated rings. The summed E-state index contributed by atoms with van der Waals surface area (Å²) in [4.78, 5) is 23.1. The van der Waals surface area contributed by atoms with E-state index in [1.807, 2.05) is 31.2 Å². The lowest BCUT2D eigenvalue weighted by atomic mass is 10.1. The van der Waals surface area contributed by atoms with Crippen LogP contribution < -0.4 is 4.90 Å². The maximum Gasteiger partial charge on any atom is 0.342 e. The van der Waals surface area contributed by atoms with Crippen molar-refractivity contribution in [3.05, 3.63) is 63.7 Å². The number of carboxylic acid groups (broad SMARTS) is 1. The number of nitro groups is 1. The van der Waals surface area contributed by atoms with Gasteiger partial charge in [-0.3, -0.25) is 10.1 Å². The highest BCUT2D eigenvalue weighted by Crippen LogP contribution is 2.29. The Bertz CT molecular complexity index is 713. The van der Waals surface area contributed by atoms with E-state index in [9.17, 15) is 14.9 Å². The van der Waals surface area contributed by atoms with E-state index in [2.05, 4.69) is 0 Å². The number of anilines is 2.